The average molecular weight is 271 g/mol. The molecule has 0 unspecified atom stereocenters. The lowest BCUT2D eigenvalue weighted by molar-refractivity contribution is 0.300. The number of hydrogen-bond donors (Lipinski definition) is 1. The highest BCUT2D eigenvalue weighted by Gasteiger charge is 2.10. The molecule has 0 saturated heterocycles. The lowest BCUT2D eigenvalue weighted by Crippen LogP contribution is -2.31. The second kappa shape index (κ2) is 7.53. The maximum absolute atomic E-state index is 5.14. The number of rotatable bonds is 8. The molecule has 0 saturated carbocycles. The summed E-state index contributed by atoms with van der Waals surface area (Å²) in [5.41, 5.74) is 0. The van der Waals surface area contributed by atoms with E-state index in [0.29, 0.717) is 4.77 Å². The van der Waals surface area contributed by atoms with Gasteiger partial charge in [-0.25, -0.2) is 5.10 Å². The highest BCUT2D eigenvalue weighted by molar-refractivity contribution is 7.71. The van der Waals surface area contributed by atoms with E-state index in [-0.39, 0.29) is 0 Å². The first kappa shape index (κ1) is 15.2. The first-order chi connectivity index (χ1) is 8.63. The van der Waals surface area contributed by atoms with Crippen LogP contribution >= 0.6 is 12.2 Å². The summed E-state index contributed by atoms with van der Waals surface area (Å²) >= 11 is 5.14. The van der Waals surface area contributed by atoms with Crippen molar-refractivity contribution in [3.63, 3.8) is 0 Å². The Morgan fingerprint density at radius 1 is 1.17 bits per heavy atom. The Morgan fingerprint density at radius 2 is 1.83 bits per heavy atom. The predicted molar refractivity (Wildman–Crippen MR) is 78.7 cm³/mol. The molecule has 18 heavy (non-hydrogen) atoms. The lowest BCUT2D eigenvalue weighted by Gasteiger charge is -2.23. The lowest BCUT2D eigenvalue weighted by atomic mass is 10.3. The fraction of sp³-hybridized carbons (Fsp3) is 0.833. The maximum Gasteiger partial charge on any atom is 0.225 e. The summed E-state index contributed by atoms with van der Waals surface area (Å²) in [5.74, 6) is 0.932. The van der Waals surface area contributed by atoms with E-state index < -0.39 is 0 Å². The minimum Gasteiger partial charge on any atom is -0.341 e. The summed E-state index contributed by atoms with van der Waals surface area (Å²) in [7, 11) is 1.95. The van der Waals surface area contributed by atoms with Crippen LogP contribution in [0.3, 0.4) is 0 Å². The Labute approximate surface area is 115 Å². The molecule has 0 aromatic carbocycles. The van der Waals surface area contributed by atoms with Gasteiger partial charge >= 0.3 is 0 Å². The minimum absolute atomic E-state index is 0.673. The van der Waals surface area contributed by atoms with Crippen molar-refractivity contribution < 1.29 is 0 Å². The van der Waals surface area contributed by atoms with Crippen LogP contribution in [0.15, 0.2) is 0 Å². The third kappa shape index (κ3) is 3.81. The van der Waals surface area contributed by atoms with E-state index in [9.17, 15) is 0 Å². The molecule has 0 aliphatic heterocycles. The number of hydrogen-bond acceptors (Lipinski definition) is 4. The van der Waals surface area contributed by atoms with E-state index >= 15 is 0 Å². The summed E-state index contributed by atoms with van der Waals surface area (Å²) in [4.78, 5) is 4.70. The van der Waals surface area contributed by atoms with Gasteiger partial charge < -0.3 is 9.80 Å². The molecule has 0 amide bonds. The van der Waals surface area contributed by atoms with Crippen LogP contribution in [0.5, 0.6) is 0 Å². The van der Waals surface area contributed by atoms with Crippen LogP contribution in [0, 0.1) is 4.77 Å². The van der Waals surface area contributed by atoms with E-state index in [0.717, 1.165) is 45.1 Å². The van der Waals surface area contributed by atoms with Gasteiger partial charge in [0.1, 0.15) is 0 Å². The van der Waals surface area contributed by atoms with Gasteiger partial charge in [0.25, 0.3) is 0 Å². The summed E-state index contributed by atoms with van der Waals surface area (Å²) in [5, 5.41) is 7.12. The third-order valence-corrected chi connectivity index (χ3v) is 3.68. The quantitative estimate of drug-likeness (QED) is 0.735. The fourth-order valence-electron chi connectivity index (χ4n) is 2.05. The van der Waals surface area contributed by atoms with E-state index in [4.69, 9.17) is 12.2 Å². The molecule has 5 nitrogen and oxygen atoms in total. The van der Waals surface area contributed by atoms with Crippen LogP contribution in [-0.4, -0.2) is 52.4 Å². The van der Waals surface area contributed by atoms with Crippen molar-refractivity contribution in [1.29, 1.82) is 0 Å². The zero-order valence-corrected chi connectivity index (χ0v) is 12.8. The second-order valence-corrected chi connectivity index (χ2v) is 4.73. The molecular weight excluding hydrogens is 246 g/mol. The Balaban J connectivity index is 2.53. The van der Waals surface area contributed by atoms with Crippen molar-refractivity contribution in [3.8, 4) is 0 Å². The molecule has 0 aliphatic carbocycles. The summed E-state index contributed by atoms with van der Waals surface area (Å²) in [6.45, 7) is 11.9. The Bertz CT molecular complexity index is 393. The average Bonchev–Trinajstić information content (AvgIpc) is 2.71. The topological polar surface area (TPSA) is 40.1 Å². The van der Waals surface area contributed by atoms with Gasteiger partial charge in [-0.2, -0.15) is 0 Å². The van der Waals surface area contributed by atoms with Crippen LogP contribution in [0.2, 0.25) is 0 Å². The van der Waals surface area contributed by atoms with Gasteiger partial charge in [-0.3, -0.25) is 4.57 Å². The highest BCUT2D eigenvalue weighted by atomic mass is 32.1. The number of aromatic amines is 1. The molecule has 0 spiro atoms. The van der Waals surface area contributed by atoms with Gasteiger partial charge in [-0.05, 0) is 45.2 Å². The number of nitrogens with one attached hydrogen (secondary N) is 1. The molecule has 1 aromatic heterocycles. The molecule has 1 aromatic rings. The zero-order valence-electron chi connectivity index (χ0n) is 11.9. The van der Waals surface area contributed by atoms with E-state index in [1.165, 1.54) is 0 Å². The Hall–Kier alpha value is -0.880. The smallest absolute Gasteiger partial charge is 0.225 e. The number of nitrogens with zero attached hydrogens (tertiary/aromatic N) is 4. The van der Waals surface area contributed by atoms with Crippen LogP contribution in [-0.2, 0) is 7.05 Å². The number of anilines is 1. The Morgan fingerprint density at radius 3 is 2.28 bits per heavy atom. The van der Waals surface area contributed by atoms with Crippen molar-refractivity contribution in [3.05, 3.63) is 4.77 Å². The summed E-state index contributed by atoms with van der Waals surface area (Å²) in [6, 6.07) is 0. The standard InChI is InChI=1S/C12H25N5S/c1-5-16(6-2)9-8-10-17(7-3)11-13-14-12(18)15(11)4/h5-10H2,1-4H3,(H,14,18). The van der Waals surface area contributed by atoms with E-state index in [2.05, 4.69) is 40.8 Å². The second-order valence-electron chi connectivity index (χ2n) is 4.35. The van der Waals surface area contributed by atoms with E-state index in [1.54, 1.807) is 0 Å². The number of H-pyrrole nitrogens is 1. The van der Waals surface area contributed by atoms with Crippen molar-refractivity contribution >= 4 is 18.2 Å². The molecule has 0 aliphatic rings. The normalized spacial score (nSPS) is 11.2. The van der Waals surface area contributed by atoms with Crippen LogP contribution in [0.1, 0.15) is 27.2 Å². The first-order valence-electron chi connectivity index (χ1n) is 6.72. The highest BCUT2D eigenvalue weighted by Crippen LogP contribution is 2.09. The molecule has 1 heterocycles. The van der Waals surface area contributed by atoms with Crippen molar-refractivity contribution in [2.75, 3.05) is 37.6 Å². The van der Waals surface area contributed by atoms with Crippen molar-refractivity contribution in [2.45, 2.75) is 27.2 Å². The van der Waals surface area contributed by atoms with Gasteiger partial charge in [0.05, 0.1) is 0 Å². The molecule has 6 heteroatoms. The maximum atomic E-state index is 5.14. The fourth-order valence-corrected chi connectivity index (χ4v) is 2.17. The SMILES string of the molecule is CCN(CC)CCCN(CC)c1n[nH]c(=S)n1C. The van der Waals surface area contributed by atoms with E-state index in [1.807, 2.05) is 11.6 Å². The summed E-state index contributed by atoms with van der Waals surface area (Å²) < 4.78 is 2.60. The molecule has 0 fully saturated rings. The molecule has 104 valence electrons. The molecule has 0 bridgehead atoms. The molecule has 0 atom stereocenters. The van der Waals surface area contributed by atoms with Crippen LogP contribution in [0.25, 0.3) is 0 Å². The first-order valence-corrected chi connectivity index (χ1v) is 7.13. The van der Waals surface area contributed by atoms with Crippen LogP contribution in [0.4, 0.5) is 5.95 Å². The molecule has 1 N–H and O–H groups in total. The Kier molecular flexibility index (Phi) is 6.35. The zero-order chi connectivity index (χ0) is 13.5. The van der Waals surface area contributed by atoms with Gasteiger partial charge in [-0.1, -0.05) is 13.8 Å². The van der Waals surface area contributed by atoms with Gasteiger partial charge in [0.15, 0.2) is 4.77 Å². The molecule has 1 rings (SSSR count). The predicted octanol–water partition coefficient (Wildman–Crippen LogP) is 2.04. The molecular formula is C12H25N5S. The minimum atomic E-state index is 0.673. The van der Waals surface area contributed by atoms with Crippen molar-refractivity contribution in [1.82, 2.24) is 19.7 Å². The third-order valence-electron chi connectivity index (χ3n) is 3.32. The largest absolute Gasteiger partial charge is 0.341 e. The monoisotopic (exact) mass is 271 g/mol. The molecule has 0 radical (unpaired) electrons. The van der Waals surface area contributed by atoms with Gasteiger partial charge in [0.2, 0.25) is 5.95 Å². The summed E-state index contributed by atoms with van der Waals surface area (Å²) in [6.07, 6.45) is 1.15. The van der Waals surface area contributed by atoms with Gasteiger partial charge in [0, 0.05) is 20.1 Å². The van der Waals surface area contributed by atoms with Crippen molar-refractivity contribution in [2.24, 2.45) is 7.05 Å². The van der Waals surface area contributed by atoms with Crippen LogP contribution < -0.4 is 4.90 Å². The number of aromatic nitrogens is 3. The van der Waals surface area contributed by atoms with Gasteiger partial charge in [-0.15, -0.1) is 5.10 Å².